The first kappa shape index (κ1) is 24.3. The molecule has 39 heavy (non-hydrogen) atoms. The molecule has 4 aliphatic rings. The van der Waals surface area contributed by atoms with Gasteiger partial charge in [0.2, 0.25) is 5.91 Å². The summed E-state index contributed by atoms with van der Waals surface area (Å²) in [5, 5.41) is 11.2. The number of carbonyl (C=O) groups excluding carboxylic acids is 2. The Balaban J connectivity index is 1.02. The number of fused-ring (bicyclic) bond motifs is 3. The largest absolute Gasteiger partial charge is 0.459 e. The number of tetrazole rings is 1. The molecule has 1 aromatic carbocycles. The van der Waals surface area contributed by atoms with Crippen LogP contribution in [0.4, 0.5) is 4.39 Å². The highest BCUT2D eigenvalue weighted by atomic mass is 19.1. The van der Waals surface area contributed by atoms with Gasteiger partial charge in [0.15, 0.2) is 5.82 Å². The Kier molecular flexibility index (Phi) is 5.89. The zero-order valence-electron chi connectivity index (χ0n) is 21.5. The van der Waals surface area contributed by atoms with Crippen molar-refractivity contribution in [3.63, 3.8) is 0 Å². The number of piperazine rings is 1. The fraction of sp³-hybridized carbons (Fsp3) is 0.481. The molecular formula is C27H28FN7O4. The second-order valence-corrected chi connectivity index (χ2v) is 10.7. The van der Waals surface area contributed by atoms with Gasteiger partial charge in [0, 0.05) is 49.4 Å². The number of esters is 1. The van der Waals surface area contributed by atoms with Crippen LogP contribution in [0.3, 0.4) is 0 Å². The van der Waals surface area contributed by atoms with Crippen LogP contribution in [0.1, 0.15) is 58.1 Å². The monoisotopic (exact) mass is 533 g/mol. The SMILES string of the molecule is C[C@H]1Cc2c(ccc([C@@H]3CN4CCN(C(=O)C5CCc6nc(-n7cnnn7)ccc65)CC4CO3)c2F)C(=O)O1. The molecule has 0 spiro atoms. The van der Waals surface area contributed by atoms with Crippen LogP contribution in [0.2, 0.25) is 0 Å². The van der Waals surface area contributed by atoms with Gasteiger partial charge in [-0.1, -0.05) is 12.1 Å². The van der Waals surface area contributed by atoms with Crippen molar-refractivity contribution in [2.75, 3.05) is 32.8 Å². The first-order valence-corrected chi connectivity index (χ1v) is 13.4. The minimum atomic E-state index is -0.478. The number of pyridine rings is 1. The van der Waals surface area contributed by atoms with E-state index < -0.39 is 12.1 Å². The van der Waals surface area contributed by atoms with Crippen LogP contribution < -0.4 is 0 Å². The Morgan fingerprint density at radius 3 is 2.85 bits per heavy atom. The molecule has 1 aliphatic carbocycles. The minimum absolute atomic E-state index is 0.0517. The minimum Gasteiger partial charge on any atom is -0.459 e. The highest BCUT2D eigenvalue weighted by molar-refractivity contribution is 5.92. The second kappa shape index (κ2) is 9.45. The number of halogens is 1. The predicted octanol–water partition coefficient (Wildman–Crippen LogP) is 1.61. The maximum atomic E-state index is 15.5. The average molecular weight is 534 g/mol. The molecular weight excluding hydrogens is 505 g/mol. The molecule has 5 heterocycles. The predicted molar refractivity (Wildman–Crippen MR) is 134 cm³/mol. The molecule has 202 valence electrons. The molecule has 3 aromatic rings. The Morgan fingerprint density at radius 2 is 2.00 bits per heavy atom. The summed E-state index contributed by atoms with van der Waals surface area (Å²) in [6.07, 6.45) is 2.54. The van der Waals surface area contributed by atoms with E-state index in [0.29, 0.717) is 61.7 Å². The molecule has 2 fully saturated rings. The Hall–Kier alpha value is -3.77. The van der Waals surface area contributed by atoms with Gasteiger partial charge in [0.25, 0.3) is 0 Å². The van der Waals surface area contributed by atoms with Crippen molar-refractivity contribution in [1.82, 2.24) is 35.0 Å². The standard InChI is InChI=1S/C27H28FN7O4/c1-15-10-21-19(27(37)39-15)2-3-20(25(21)28)23-12-33-8-9-34(11-16(33)13-38-23)26(36)18-4-6-22-17(18)5-7-24(30-22)35-14-29-31-32-35/h2-3,5,7,14-16,18,23H,4,6,8-13H2,1H3/t15-,16?,18?,23-/m0/s1. The summed E-state index contributed by atoms with van der Waals surface area (Å²) < 4.78 is 28.4. The fourth-order valence-electron chi connectivity index (χ4n) is 6.35. The van der Waals surface area contributed by atoms with Gasteiger partial charge in [-0.2, -0.15) is 4.68 Å². The number of carbonyl (C=O) groups is 2. The van der Waals surface area contributed by atoms with Crippen LogP contribution >= 0.6 is 0 Å². The first-order chi connectivity index (χ1) is 19.0. The summed E-state index contributed by atoms with van der Waals surface area (Å²) in [5.74, 6) is -0.301. The normalized spacial score (nSPS) is 26.5. The van der Waals surface area contributed by atoms with E-state index in [4.69, 9.17) is 9.47 Å². The molecule has 7 rings (SSSR count). The van der Waals surface area contributed by atoms with Gasteiger partial charge >= 0.3 is 5.97 Å². The van der Waals surface area contributed by atoms with Gasteiger partial charge in [-0.05, 0) is 47.9 Å². The van der Waals surface area contributed by atoms with Crippen LogP contribution in [0, 0.1) is 5.82 Å². The van der Waals surface area contributed by atoms with E-state index in [9.17, 15) is 9.59 Å². The fourth-order valence-corrected chi connectivity index (χ4v) is 6.35. The molecule has 11 nitrogen and oxygen atoms in total. The Bertz CT molecular complexity index is 1450. The third kappa shape index (κ3) is 4.18. The third-order valence-corrected chi connectivity index (χ3v) is 8.37. The molecule has 12 heteroatoms. The lowest BCUT2D eigenvalue weighted by molar-refractivity contribution is -0.141. The molecule has 0 bridgehead atoms. The van der Waals surface area contributed by atoms with Gasteiger partial charge < -0.3 is 14.4 Å². The van der Waals surface area contributed by atoms with Crippen molar-refractivity contribution in [2.24, 2.45) is 0 Å². The zero-order chi connectivity index (χ0) is 26.7. The van der Waals surface area contributed by atoms with Crippen LogP contribution in [-0.2, 0) is 27.1 Å². The summed E-state index contributed by atoms with van der Waals surface area (Å²) in [7, 11) is 0. The van der Waals surface area contributed by atoms with Crippen LogP contribution in [-0.4, -0.2) is 91.8 Å². The molecule has 4 atom stereocenters. The van der Waals surface area contributed by atoms with Gasteiger partial charge in [0.1, 0.15) is 18.2 Å². The molecule has 2 unspecified atom stereocenters. The molecule has 1 amide bonds. The molecule has 2 aromatic heterocycles. The van der Waals surface area contributed by atoms with E-state index >= 15 is 4.39 Å². The maximum Gasteiger partial charge on any atom is 0.338 e. The molecule has 0 N–H and O–H groups in total. The smallest absolute Gasteiger partial charge is 0.338 e. The summed E-state index contributed by atoms with van der Waals surface area (Å²) in [5.41, 5.74) is 3.07. The number of morpholine rings is 1. The van der Waals surface area contributed by atoms with Crippen molar-refractivity contribution in [2.45, 2.75) is 50.4 Å². The van der Waals surface area contributed by atoms with E-state index in [2.05, 4.69) is 25.4 Å². The van der Waals surface area contributed by atoms with Crippen LogP contribution in [0.5, 0.6) is 0 Å². The average Bonchev–Trinajstić information content (AvgIpc) is 3.63. The van der Waals surface area contributed by atoms with Gasteiger partial charge in [-0.3, -0.25) is 9.69 Å². The molecule has 3 aliphatic heterocycles. The van der Waals surface area contributed by atoms with E-state index in [0.717, 1.165) is 24.1 Å². The molecule has 0 saturated carbocycles. The number of benzene rings is 1. The van der Waals surface area contributed by atoms with Crippen molar-refractivity contribution in [1.29, 1.82) is 0 Å². The number of hydrogen-bond donors (Lipinski definition) is 0. The topological polar surface area (TPSA) is 116 Å². The number of aromatic nitrogens is 5. The number of ether oxygens (including phenoxy) is 2. The van der Waals surface area contributed by atoms with Crippen molar-refractivity contribution in [3.8, 4) is 5.82 Å². The lowest BCUT2D eigenvalue weighted by Gasteiger charge is -2.46. The quantitative estimate of drug-likeness (QED) is 0.463. The number of cyclic esters (lactones) is 1. The number of nitrogens with zero attached hydrogens (tertiary/aromatic N) is 7. The highest BCUT2D eigenvalue weighted by Gasteiger charge is 2.40. The van der Waals surface area contributed by atoms with Crippen molar-refractivity contribution in [3.05, 3.63) is 64.4 Å². The third-order valence-electron chi connectivity index (χ3n) is 8.37. The van der Waals surface area contributed by atoms with Crippen molar-refractivity contribution < 1.29 is 23.5 Å². The zero-order valence-corrected chi connectivity index (χ0v) is 21.5. The Morgan fingerprint density at radius 1 is 1.13 bits per heavy atom. The van der Waals surface area contributed by atoms with E-state index in [1.807, 2.05) is 17.0 Å². The van der Waals surface area contributed by atoms with Crippen molar-refractivity contribution >= 4 is 11.9 Å². The van der Waals surface area contributed by atoms with Gasteiger partial charge in [-0.25, -0.2) is 14.2 Å². The lowest BCUT2D eigenvalue weighted by Crippen LogP contribution is -2.60. The van der Waals surface area contributed by atoms with E-state index in [-0.39, 0.29) is 29.8 Å². The number of amides is 1. The first-order valence-electron chi connectivity index (χ1n) is 13.4. The summed E-state index contributed by atoms with van der Waals surface area (Å²) >= 11 is 0. The van der Waals surface area contributed by atoms with Crippen LogP contribution in [0.15, 0.2) is 30.6 Å². The molecule has 2 saturated heterocycles. The van der Waals surface area contributed by atoms with Crippen LogP contribution in [0.25, 0.3) is 5.82 Å². The highest BCUT2D eigenvalue weighted by Crippen LogP contribution is 2.36. The van der Waals surface area contributed by atoms with E-state index in [1.165, 1.54) is 11.0 Å². The number of rotatable bonds is 3. The number of hydrogen-bond acceptors (Lipinski definition) is 9. The molecule has 0 radical (unpaired) electrons. The Labute approximate surface area is 223 Å². The lowest BCUT2D eigenvalue weighted by atomic mass is 9.93. The maximum absolute atomic E-state index is 15.5. The van der Waals surface area contributed by atoms with E-state index in [1.54, 1.807) is 19.1 Å². The van der Waals surface area contributed by atoms with Gasteiger partial charge in [0.05, 0.1) is 30.2 Å². The summed E-state index contributed by atoms with van der Waals surface area (Å²) in [4.78, 5) is 34.7. The second-order valence-electron chi connectivity index (χ2n) is 10.7. The summed E-state index contributed by atoms with van der Waals surface area (Å²) in [6, 6.07) is 7.15. The summed E-state index contributed by atoms with van der Waals surface area (Å²) in [6.45, 7) is 4.59. The number of aryl methyl sites for hydroxylation is 1. The van der Waals surface area contributed by atoms with Gasteiger partial charge in [-0.15, -0.1) is 5.10 Å².